The summed E-state index contributed by atoms with van der Waals surface area (Å²) in [5, 5.41) is 7.37. The van der Waals surface area contributed by atoms with Gasteiger partial charge in [-0.15, -0.1) is 0 Å². The molecule has 0 radical (unpaired) electrons. The summed E-state index contributed by atoms with van der Waals surface area (Å²) in [4.78, 5) is 3.87. The fourth-order valence-electron chi connectivity index (χ4n) is 1.41. The minimum absolute atomic E-state index is 0.102. The van der Waals surface area contributed by atoms with Crippen LogP contribution < -0.4 is 10.5 Å². The summed E-state index contributed by atoms with van der Waals surface area (Å²) in [7, 11) is 0. The van der Waals surface area contributed by atoms with E-state index in [9.17, 15) is 13.2 Å². The van der Waals surface area contributed by atoms with E-state index in [-0.39, 0.29) is 24.7 Å². The fourth-order valence-corrected chi connectivity index (χ4v) is 1.41. The maximum atomic E-state index is 11.9. The second kappa shape index (κ2) is 5.70. The van der Waals surface area contributed by atoms with Crippen molar-refractivity contribution in [3.8, 4) is 5.88 Å². The van der Waals surface area contributed by atoms with Crippen LogP contribution >= 0.6 is 0 Å². The highest BCUT2D eigenvalue weighted by Gasteiger charge is 2.26. The Morgan fingerprint density at radius 3 is 2.72 bits per heavy atom. The van der Waals surface area contributed by atoms with E-state index in [4.69, 9.17) is 15.9 Å². The van der Waals surface area contributed by atoms with E-state index in [0.29, 0.717) is 11.1 Å². The predicted molar refractivity (Wildman–Crippen MR) is 60.8 cm³/mol. The lowest BCUT2D eigenvalue weighted by Crippen LogP contribution is -2.16. The van der Waals surface area contributed by atoms with E-state index in [1.165, 1.54) is 6.20 Å². The van der Waals surface area contributed by atoms with Gasteiger partial charge < -0.3 is 10.5 Å². The molecule has 1 aromatic heterocycles. The van der Waals surface area contributed by atoms with Crippen molar-refractivity contribution in [2.24, 2.45) is 5.73 Å². The first-order chi connectivity index (χ1) is 8.31. The van der Waals surface area contributed by atoms with E-state index in [1.54, 1.807) is 13.0 Å². The van der Waals surface area contributed by atoms with Gasteiger partial charge in [0.1, 0.15) is 5.84 Å². The van der Waals surface area contributed by atoms with E-state index in [1.807, 2.05) is 0 Å². The van der Waals surface area contributed by atoms with Crippen molar-refractivity contribution in [1.29, 1.82) is 5.41 Å². The lowest BCUT2D eigenvalue weighted by Gasteiger charge is -2.12. The normalized spacial score (nSPS) is 11.3. The number of aromatic nitrogens is 1. The van der Waals surface area contributed by atoms with Gasteiger partial charge in [-0.1, -0.05) is 0 Å². The molecule has 0 aliphatic rings. The highest BCUT2D eigenvalue weighted by Crippen LogP contribution is 2.22. The van der Waals surface area contributed by atoms with Gasteiger partial charge in [0.15, 0.2) is 0 Å². The molecule has 0 unspecified atom stereocenters. The largest absolute Gasteiger partial charge is 0.477 e. The number of nitrogen functional groups attached to an aromatic ring is 1. The first-order valence-electron chi connectivity index (χ1n) is 5.31. The van der Waals surface area contributed by atoms with Gasteiger partial charge in [-0.25, -0.2) is 4.98 Å². The van der Waals surface area contributed by atoms with Crippen LogP contribution in [0.5, 0.6) is 5.88 Å². The zero-order valence-electron chi connectivity index (χ0n) is 9.84. The van der Waals surface area contributed by atoms with Crippen molar-refractivity contribution in [1.82, 2.24) is 4.98 Å². The summed E-state index contributed by atoms with van der Waals surface area (Å²) in [6.45, 7) is 1.61. The van der Waals surface area contributed by atoms with Crippen molar-refractivity contribution >= 4 is 5.84 Å². The number of hydrogen-bond donors (Lipinski definition) is 2. The fraction of sp³-hybridized carbons (Fsp3) is 0.455. The number of hydrogen-bond acceptors (Lipinski definition) is 3. The van der Waals surface area contributed by atoms with Crippen molar-refractivity contribution in [3.05, 3.63) is 23.4 Å². The van der Waals surface area contributed by atoms with E-state index >= 15 is 0 Å². The molecule has 7 heteroatoms. The lowest BCUT2D eigenvalue weighted by atomic mass is 10.1. The third-order valence-electron chi connectivity index (χ3n) is 2.24. The van der Waals surface area contributed by atoms with Crippen LogP contribution in [-0.2, 0) is 0 Å². The number of amidine groups is 1. The van der Waals surface area contributed by atoms with Gasteiger partial charge in [0.25, 0.3) is 0 Å². The molecular weight excluding hydrogens is 247 g/mol. The topological polar surface area (TPSA) is 72.0 Å². The summed E-state index contributed by atoms with van der Waals surface area (Å²) in [6.07, 6.45) is -3.79. The molecule has 1 aromatic rings. The molecule has 18 heavy (non-hydrogen) atoms. The van der Waals surface area contributed by atoms with E-state index in [0.717, 1.165) is 0 Å². The molecule has 1 heterocycles. The van der Waals surface area contributed by atoms with Crippen molar-refractivity contribution in [2.75, 3.05) is 6.61 Å². The molecule has 4 nitrogen and oxygen atoms in total. The number of pyridine rings is 1. The lowest BCUT2D eigenvalue weighted by molar-refractivity contribution is -0.136. The molecule has 0 bridgehead atoms. The van der Waals surface area contributed by atoms with Gasteiger partial charge in [0, 0.05) is 12.6 Å². The highest BCUT2D eigenvalue weighted by molar-refractivity contribution is 5.98. The molecule has 0 amide bonds. The van der Waals surface area contributed by atoms with Crippen LogP contribution in [0.4, 0.5) is 13.2 Å². The minimum Gasteiger partial charge on any atom is -0.477 e. The summed E-state index contributed by atoms with van der Waals surface area (Å²) in [5.41, 5.74) is 6.39. The molecule has 100 valence electrons. The molecule has 0 atom stereocenters. The predicted octanol–water partition coefficient (Wildman–Crippen LogP) is 2.40. The Balaban J connectivity index is 2.63. The summed E-state index contributed by atoms with van der Waals surface area (Å²) >= 11 is 0. The Morgan fingerprint density at radius 2 is 2.17 bits per heavy atom. The number of aryl methyl sites for hydroxylation is 1. The molecule has 0 aliphatic heterocycles. The van der Waals surface area contributed by atoms with Crippen LogP contribution in [0.3, 0.4) is 0 Å². The molecule has 0 aliphatic carbocycles. The van der Waals surface area contributed by atoms with Crippen molar-refractivity contribution < 1.29 is 17.9 Å². The zero-order valence-corrected chi connectivity index (χ0v) is 9.84. The van der Waals surface area contributed by atoms with E-state index in [2.05, 4.69) is 4.98 Å². The first kappa shape index (κ1) is 14.3. The van der Waals surface area contributed by atoms with Crippen LogP contribution in [-0.4, -0.2) is 23.6 Å². The number of nitrogens with one attached hydrogen (secondary N) is 1. The van der Waals surface area contributed by atoms with E-state index < -0.39 is 12.6 Å². The van der Waals surface area contributed by atoms with Crippen LogP contribution in [0.1, 0.15) is 24.0 Å². The number of nitrogens with two attached hydrogens (primary N) is 1. The van der Waals surface area contributed by atoms with Crippen molar-refractivity contribution in [3.63, 3.8) is 0 Å². The molecule has 1 rings (SSSR count). The molecule has 0 saturated heterocycles. The third kappa shape index (κ3) is 4.23. The Morgan fingerprint density at radius 1 is 1.50 bits per heavy atom. The highest BCUT2D eigenvalue weighted by atomic mass is 19.4. The smallest absolute Gasteiger partial charge is 0.389 e. The number of nitrogens with zero attached hydrogens (tertiary/aromatic N) is 1. The van der Waals surface area contributed by atoms with Crippen LogP contribution in [0.25, 0.3) is 0 Å². The Kier molecular flexibility index (Phi) is 4.52. The maximum Gasteiger partial charge on any atom is 0.389 e. The quantitative estimate of drug-likeness (QED) is 0.485. The number of halogens is 3. The number of alkyl halides is 3. The maximum absolute atomic E-state index is 11.9. The Hall–Kier alpha value is -1.79. The van der Waals surface area contributed by atoms with Gasteiger partial charge in [0.2, 0.25) is 5.88 Å². The van der Waals surface area contributed by atoms with Gasteiger partial charge in [-0.2, -0.15) is 13.2 Å². The van der Waals surface area contributed by atoms with Crippen LogP contribution in [0.2, 0.25) is 0 Å². The standard InChI is InChI=1S/C11H14F3N3O/c1-7-3-5-17-10(8(7)9(15)16)18-6-2-4-11(12,13)14/h3,5H,2,4,6H2,1H3,(H3,15,16). The van der Waals surface area contributed by atoms with Crippen LogP contribution in [0.15, 0.2) is 12.3 Å². The summed E-state index contributed by atoms with van der Waals surface area (Å²) in [6, 6.07) is 1.65. The second-order valence-corrected chi connectivity index (χ2v) is 3.79. The monoisotopic (exact) mass is 261 g/mol. The van der Waals surface area contributed by atoms with Gasteiger partial charge in [-0.3, -0.25) is 5.41 Å². The second-order valence-electron chi connectivity index (χ2n) is 3.79. The molecule has 0 fully saturated rings. The molecular formula is C11H14F3N3O. The average molecular weight is 261 g/mol. The first-order valence-corrected chi connectivity index (χ1v) is 5.31. The Labute approximate surface area is 102 Å². The molecule has 0 spiro atoms. The Bertz CT molecular complexity index is 432. The average Bonchev–Trinajstić information content (AvgIpc) is 2.22. The van der Waals surface area contributed by atoms with Gasteiger partial charge >= 0.3 is 6.18 Å². The molecule has 3 N–H and O–H groups in total. The SMILES string of the molecule is Cc1ccnc(OCCCC(F)(F)F)c1C(=N)N. The van der Waals surface area contributed by atoms with Crippen molar-refractivity contribution in [2.45, 2.75) is 25.9 Å². The minimum atomic E-state index is -4.19. The molecule has 0 aromatic carbocycles. The van der Waals surface area contributed by atoms with Gasteiger partial charge in [-0.05, 0) is 25.0 Å². The van der Waals surface area contributed by atoms with Crippen LogP contribution in [0, 0.1) is 12.3 Å². The summed E-state index contributed by atoms with van der Waals surface area (Å²) in [5.74, 6) is -0.115. The van der Waals surface area contributed by atoms with Gasteiger partial charge in [0.05, 0.1) is 12.2 Å². The third-order valence-corrected chi connectivity index (χ3v) is 2.24. The molecule has 0 saturated carbocycles. The summed E-state index contributed by atoms with van der Waals surface area (Å²) < 4.78 is 40.9. The zero-order chi connectivity index (χ0) is 13.8. The number of rotatable bonds is 5. The number of ether oxygens (including phenoxy) is 1.